The molecule has 22 heavy (non-hydrogen) atoms. The third kappa shape index (κ3) is 2.29. The van der Waals surface area contributed by atoms with Gasteiger partial charge < -0.3 is 0 Å². The maximum absolute atomic E-state index is 2.21. The molecule has 0 saturated heterocycles. The van der Waals surface area contributed by atoms with Crippen LogP contribution in [0.5, 0.6) is 0 Å². The molecule has 0 bridgehead atoms. The lowest BCUT2D eigenvalue weighted by atomic mass is 9.97. The minimum absolute atomic E-state index is 1.22. The van der Waals surface area contributed by atoms with Gasteiger partial charge in [0, 0.05) is 0 Å². The van der Waals surface area contributed by atoms with Crippen LogP contribution in [0, 0.1) is 0 Å². The molecule has 0 heterocycles. The minimum atomic E-state index is 1.22. The van der Waals surface area contributed by atoms with E-state index < -0.39 is 0 Å². The molecule has 0 unspecified atom stereocenters. The van der Waals surface area contributed by atoms with Crippen molar-refractivity contribution in [2.45, 2.75) is 0 Å². The van der Waals surface area contributed by atoms with Crippen LogP contribution in [0.4, 0.5) is 0 Å². The van der Waals surface area contributed by atoms with Crippen LogP contribution in [-0.2, 0) is 0 Å². The number of hydrogen-bond donors (Lipinski definition) is 0. The van der Waals surface area contributed by atoms with Crippen molar-refractivity contribution < 1.29 is 0 Å². The van der Waals surface area contributed by atoms with Crippen LogP contribution in [-0.4, -0.2) is 0 Å². The Bertz CT molecular complexity index is 963. The number of benzene rings is 4. The van der Waals surface area contributed by atoms with Crippen LogP contribution in [0.25, 0.3) is 33.7 Å². The zero-order chi connectivity index (χ0) is 14.8. The summed E-state index contributed by atoms with van der Waals surface area (Å²) in [5, 5.41) is 5.21. The molecule has 104 valence electrons. The van der Waals surface area contributed by atoms with Crippen molar-refractivity contribution in [3.63, 3.8) is 0 Å². The number of fused-ring (bicyclic) bond motifs is 3. The Balaban J connectivity index is 1.94. The summed E-state index contributed by atoms with van der Waals surface area (Å²) in [6.45, 7) is 0. The fourth-order valence-electron chi connectivity index (χ4n) is 2.98. The standard InChI is InChI=1S/C22H16/c1-2-7-17(8-3-1)13-14-19-10-6-11-20-16-15-18-9-4-5-12-21(18)22(19)20/h1-16H/b14-13+. The quantitative estimate of drug-likeness (QED) is 0.304. The third-order valence-electron chi connectivity index (χ3n) is 4.06. The largest absolute Gasteiger partial charge is 0.0622 e. The van der Waals surface area contributed by atoms with Crippen LogP contribution < -0.4 is 0 Å². The molecule has 0 atom stereocenters. The summed E-state index contributed by atoms with van der Waals surface area (Å²) in [5.41, 5.74) is 2.48. The minimum Gasteiger partial charge on any atom is -0.0622 e. The fraction of sp³-hybridized carbons (Fsp3) is 0. The molecular formula is C22H16. The first-order valence-electron chi connectivity index (χ1n) is 7.55. The van der Waals surface area contributed by atoms with E-state index in [1.54, 1.807) is 0 Å². The topological polar surface area (TPSA) is 0 Å². The van der Waals surface area contributed by atoms with Gasteiger partial charge in [-0.15, -0.1) is 0 Å². The number of rotatable bonds is 2. The van der Waals surface area contributed by atoms with Crippen molar-refractivity contribution in [2.24, 2.45) is 0 Å². The molecule has 4 aromatic rings. The molecule has 0 fully saturated rings. The molecule has 0 saturated carbocycles. The first-order valence-corrected chi connectivity index (χ1v) is 7.55. The smallest absolute Gasteiger partial charge is 0.00328 e. The van der Waals surface area contributed by atoms with E-state index in [0.717, 1.165) is 0 Å². The Hall–Kier alpha value is -2.86. The maximum Gasteiger partial charge on any atom is -0.00328 e. The molecule has 0 aliphatic carbocycles. The maximum atomic E-state index is 2.21. The Kier molecular flexibility index (Phi) is 3.21. The molecular weight excluding hydrogens is 264 g/mol. The summed E-state index contributed by atoms with van der Waals surface area (Å²) >= 11 is 0. The van der Waals surface area contributed by atoms with Crippen molar-refractivity contribution in [3.05, 3.63) is 96.1 Å². The van der Waals surface area contributed by atoms with Crippen molar-refractivity contribution >= 4 is 33.7 Å². The second-order valence-electron chi connectivity index (χ2n) is 5.48. The molecule has 0 N–H and O–H groups in total. The van der Waals surface area contributed by atoms with Gasteiger partial charge in [0.1, 0.15) is 0 Å². The second-order valence-corrected chi connectivity index (χ2v) is 5.48. The van der Waals surface area contributed by atoms with Crippen molar-refractivity contribution in [2.75, 3.05) is 0 Å². The van der Waals surface area contributed by atoms with Crippen LogP contribution in [0.1, 0.15) is 11.1 Å². The molecule has 0 aliphatic rings. The lowest BCUT2D eigenvalue weighted by Crippen LogP contribution is -1.81. The van der Waals surface area contributed by atoms with E-state index in [9.17, 15) is 0 Å². The SMILES string of the molecule is C(=C\c1cccc2ccc3ccccc3c12)/c1ccccc1. The van der Waals surface area contributed by atoms with Gasteiger partial charge in [0.2, 0.25) is 0 Å². The van der Waals surface area contributed by atoms with Crippen molar-refractivity contribution in [3.8, 4) is 0 Å². The van der Waals surface area contributed by atoms with Gasteiger partial charge in [0.15, 0.2) is 0 Å². The van der Waals surface area contributed by atoms with E-state index in [0.29, 0.717) is 0 Å². The molecule has 4 rings (SSSR count). The fourth-order valence-corrected chi connectivity index (χ4v) is 2.98. The Morgan fingerprint density at radius 2 is 1.23 bits per heavy atom. The van der Waals surface area contributed by atoms with E-state index >= 15 is 0 Å². The number of hydrogen-bond acceptors (Lipinski definition) is 0. The van der Waals surface area contributed by atoms with Crippen LogP contribution >= 0.6 is 0 Å². The van der Waals surface area contributed by atoms with Gasteiger partial charge in [0.25, 0.3) is 0 Å². The normalized spacial score (nSPS) is 11.5. The summed E-state index contributed by atoms with van der Waals surface area (Å²) in [6.07, 6.45) is 4.39. The lowest BCUT2D eigenvalue weighted by molar-refractivity contribution is 1.66. The van der Waals surface area contributed by atoms with Gasteiger partial charge in [-0.3, -0.25) is 0 Å². The van der Waals surface area contributed by atoms with Crippen LogP contribution in [0.3, 0.4) is 0 Å². The highest BCUT2D eigenvalue weighted by molar-refractivity contribution is 6.11. The zero-order valence-corrected chi connectivity index (χ0v) is 12.2. The third-order valence-corrected chi connectivity index (χ3v) is 4.06. The summed E-state index contributed by atoms with van der Waals surface area (Å²) in [4.78, 5) is 0. The van der Waals surface area contributed by atoms with E-state index in [2.05, 4.69) is 91.0 Å². The molecule has 0 amide bonds. The van der Waals surface area contributed by atoms with E-state index in [-0.39, 0.29) is 0 Å². The predicted octanol–water partition coefficient (Wildman–Crippen LogP) is 6.16. The molecule has 0 nitrogen and oxygen atoms in total. The first-order chi connectivity index (χ1) is 10.9. The van der Waals surface area contributed by atoms with Gasteiger partial charge in [-0.25, -0.2) is 0 Å². The summed E-state index contributed by atoms with van der Waals surface area (Å²) in [6, 6.07) is 29.9. The van der Waals surface area contributed by atoms with Gasteiger partial charge in [-0.2, -0.15) is 0 Å². The molecule has 0 spiro atoms. The van der Waals surface area contributed by atoms with E-state index in [1.807, 2.05) is 6.07 Å². The van der Waals surface area contributed by atoms with Crippen molar-refractivity contribution in [1.29, 1.82) is 0 Å². The van der Waals surface area contributed by atoms with Gasteiger partial charge in [-0.05, 0) is 32.7 Å². The molecule has 0 radical (unpaired) electrons. The summed E-state index contributed by atoms with van der Waals surface area (Å²) in [7, 11) is 0. The first kappa shape index (κ1) is 12.8. The van der Waals surface area contributed by atoms with Gasteiger partial charge in [0.05, 0.1) is 0 Å². The van der Waals surface area contributed by atoms with Crippen LogP contribution in [0.15, 0.2) is 84.9 Å². The Labute approximate surface area is 130 Å². The monoisotopic (exact) mass is 280 g/mol. The van der Waals surface area contributed by atoms with E-state index in [4.69, 9.17) is 0 Å². The van der Waals surface area contributed by atoms with Crippen LogP contribution in [0.2, 0.25) is 0 Å². The second kappa shape index (κ2) is 5.50. The predicted molar refractivity (Wildman–Crippen MR) is 96.8 cm³/mol. The van der Waals surface area contributed by atoms with Crippen molar-refractivity contribution in [1.82, 2.24) is 0 Å². The molecule has 0 heteroatoms. The Morgan fingerprint density at radius 3 is 2.14 bits per heavy atom. The van der Waals surface area contributed by atoms with Gasteiger partial charge in [-0.1, -0.05) is 97.1 Å². The molecule has 0 aromatic heterocycles. The highest BCUT2D eigenvalue weighted by Crippen LogP contribution is 2.29. The Morgan fingerprint density at radius 1 is 0.500 bits per heavy atom. The van der Waals surface area contributed by atoms with E-state index in [1.165, 1.54) is 32.7 Å². The summed E-state index contributed by atoms with van der Waals surface area (Å²) < 4.78 is 0. The van der Waals surface area contributed by atoms with Gasteiger partial charge >= 0.3 is 0 Å². The molecule has 4 aromatic carbocycles. The average Bonchev–Trinajstić information content (AvgIpc) is 2.60. The average molecular weight is 280 g/mol. The highest BCUT2D eigenvalue weighted by Gasteiger charge is 2.03. The zero-order valence-electron chi connectivity index (χ0n) is 12.2. The molecule has 0 aliphatic heterocycles. The lowest BCUT2D eigenvalue weighted by Gasteiger charge is -2.07. The highest BCUT2D eigenvalue weighted by atomic mass is 14.1. The summed E-state index contributed by atoms with van der Waals surface area (Å²) in [5.74, 6) is 0.